The largest absolute Gasteiger partial charge is 0.389 e. The van der Waals surface area contributed by atoms with E-state index in [4.69, 9.17) is 0 Å². The van der Waals surface area contributed by atoms with Gasteiger partial charge in [-0.1, -0.05) is 0 Å². The van der Waals surface area contributed by atoms with E-state index in [0.717, 1.165) is 29.1 Å². The van der Waals surface area contributed by atoms with E-state index in [9.17, 15) is 5.11 Å². The number of hydrogen-bond donors (Lipinski definition) is 2. The number of thiophene rings is 1. The maximum Gasteiger partial charge on any atom is 0.226 e. The van der Waals surface area contributed by atoms with E-state index in [1.807, 2.05) is 32.2 Å². The van der Waals surface area contributed by atoms with Crippen LogP contribution in [-0.4, -0.2) is 40.3 Å². The molecule has 20 heavy (non-hydrogen) atoms. The molecule has 0 aliphatic heterocycles. The molecule has 110 valence electrons. The molecule has 2 heterocycles. The zero-order chi connectivity index (χ0) is 14.8. The van der Waals surface area contributed by atoms with E-state index in [2.05, 4.69) is 27.1 Å². The Morgan fingerprint density at radius 2 is 2.10 bits per heavy atom. The first-order chi connectivity index (χ1) is 9.44. The first-order valence-electron chi connectivity index (χ1n) is 6.91. The molecule has 2 aromatic heterocycles. The van der Waals surface area contributed by atoms with Crippen molar-refractivity contribution in [1.29, 1.82) is 0 Å². The quantitative estimate of drug-likeness (QED) is 0.858. The van der Waals surface area contributed by atoms with Gasteiger partial charge in [-0.15, -0.1) is 11.3 Å². The molecule has 6 heteroatoms. The molecule has 0 radical (unpaired) electrons. The molecule has 0 amide bonds. The van der Waals surface area contributed by atoms with E-state index in [-0.39, 0.29) is 0 Å². The van der Waals surface area contributed by atoms with E-state index in [0.29, 0.717) is 12.5 Å². The fourth-order valence-corrected chi connectivity index (χ4v) is 2.88. The van der Waals surface area contributed by atoms with Crippen LogP contribution >= 0.6 is 11.3 Å². The van der Waals surface area contributed by atoms with E-state index in [1.54, 1.807) is 11.3 Å². The average Bonchev–Trinajstić information content (AvgIpc) is 2.82. The second-order valence-electron chi connectivity index (χ2n) is 5.37. The molecule has 0 bridgehead atoms. The second-order valence-corrected chi connectivity index (χ2v) is 6.26. The summed E-state index contributed by atoms with van der Waals surface area (Å²) in [6.45, 7) is 9.83. The summed E-state index contributed by atoms with van der Waals surface area (Å²) in [7, 11) is 0. The number of nitrogens with zero attached hydrogens (tertiary/aromatic N) is 3. The van der Waals surface area contributed by atoms with Crippen LogP contribution in [0.3, 0.4) is 0 Å². The van der Waals surface area contributed by atoms with Crippen molar-refractivity contribution in [3.05, 3.63) is 11.4 Å². The van der Waals surface area contributed by atoms with Crippen LogP contribution in [0.15, 0.2) is 11.4 Å². The molecule has 2 aromatic rings. The normalized spacial score (nSPS) is 11.8. The Morgan fingerprint density at radius 3 is 2.70 bits per heavy atom. The molecule has 0 aliphatic rings. The fourth-order valence-electron chi connectivity index (χ4n) is 2.12. The van der Waals surface area contributed by atoms with E-state index < -0.39 is 5.60 Å². The van der Waals surface area contributed by atoms with Crippen molar-refractivity contribution in [1.82, 2.24) is 9.97 Å². The Kier molecular flexibility index (Phi) is 4.45. The minimum atomic E-state index is -0.762. The van der Waals surface area contributed by atoms with Crippen LogP contribution in [0.4, 0.5) is 11.8 Å². The number of aliphatic hydroxyl groups is 1. The average molecular weight is 294 g/mol. The second kappa shape index (κ2) is 5.93. The van der Waals surface area contributed by atoms with Gasteiger partial charge in [0.05, 0.1) is 11.0 Å². The van der Waals surface area contributed by atoms with Crippen molar-refractivity contribution in [2.45, 2.75) is 33.3 Å². The van der Waals surface area contributed by atoms with Gasteiger partial charge in [-0.3, -0.25) is 0 Å². The van der Waals surface area contributed by atoms with Gasteiger partial charge in [0, 0.05) is 19.6 Å². The first kappa shape index (κ1) is 15.0. The first-order valence-corrected chi connectivity index (χ1v) is 7.79. The lowest BCUT2D eigenvalue weighted by atomic mass is 10.1. The summed E-state index contributed by atoms with van der Waals surface area (Å²) >= 11 is 1.61. The van der Waals surface area contributed by atoms with Crippen LogP contribution in [0.1, 0.15) is 27.7 Å². The minimum Gasteiger partial charge on any atom is -0.389 e. The highest BCUT2D eigenvalue weighted by Gasteiger charge is 2.21. The third kappa shape index (κ3) is 3.37. The number of aromatic nitrogens is 2. The minimum absolute atomic E-state index is 0.539. The van der Waals surface area contributed by atoms with Gasteiger partial charge in [-0.25, -0.2) is 4.98 Å². The Balaban J connectivity index is 2.46. The summed E-state index contributed by atoms with van der Waals surface area (Å²) in [5, 5.41) is 16.3. The van der Waals surface area contributed by atoms with Crippen LogP contribution in [0, 0.1) is 0 Å². The SMILES string of the molecule is CCNc1nc(N(CC)CC(C)(C)O)c2ccsc2n1. The number of hydrogen-bond acceptors (Lipinski definition) is 6. The van der Waals surface area contributed by atoms with Gasteiger partial charge >= 0.3 is 0 Å². The third-order valence-corrected chi connectivity index (χ3v) is 3.71. The number of nitrogens with one attached hydrogen (secondary N) is 1. The lowest BCUT2D eigenvalue weighted by molar-refractivity contribution is 0.0875. The van der Waals surface area contributed by atoms with Crippen LogP contribution in [0.25, 0.3) is 10.2 Å². The summed E-state index contributed by atoms with van der Waals surface area (Å²) < 4.78 is 0. The van der Waals surface area contributed by atoms with Gasteiger partial charge in [0.25, 0.3) is 0 Å². The van der Waals surface area contributed by atoms with Gasteiger partial charge in [0.1, 0.15) is 10.6 Å². The molecule has 0 atom stereocenters. The summed E-state index contributed by atoms with van der Waals surface area (Å²) in [6, 6.07) is 2.04. The number of fused-ring (bicyclic) bond motifs is 1. The predicted octanol–water partition coefficient (Wildman–Crippen LogP) is 2.72. The monoisotopic (exact) mass is 294 g/mol. The lowest BCUT2D eigenvalue weighted by Crippen LogP contribution is -2.39. The van der Waals surface area contributed by atoms with Crippen LogP contribution in [-0.2, 0) is 0 Å². The van der Waals surface area contributed by atoms with E-state index in [1.165, 1.54) is 0 Å². The van der Waals surface area contributed by atoms with Crippen molar-refractivity contribution in [3.63, 3.8) is 0 Å². The van der Waals surface area contributed by atoms with Crippen molar-refractivity contribution < 1.29 is 5.11 Å². The topological polar surface area (TPSA) is 61.3 Å². The zero-order valence-corrected chi connectivity index (χ0v) is 13.3. The molecule has 0 fully saturated rings. The lowest BCUT2D eigenvalue weighted by Gasteiger charge is -2.29. The fraction of sp³-hybridized carbons (Fsp3) is 0.571. The third-order valence-electron chi connectivity index (χ3n) is 2.90. The van der Waals surface area contributed by atoms with Crippen LogP contribution < -0.4 is 10.2 Å². The number of anilines is 2. The molecule has 2 N–H and O–H groups in total. The molecular weight excluding hydrogens is 272 g/mol. The molecule has 2 rings (SSSR count). The van der Waals surface area contributed by atoms with Gasteiger partial charge in [-0.05, 0) is 39.1 Å². The molecule has 0 saturated heterocycles. The maximum absolute atomic E-state index is 10.1. The Hall–Kier alpha value is -1.40. The maximum atomic E-state index is 10.1. The van der Waals surface area contributed by atoms with Crippen molar-refractivity contribution in [2.75, 3.05) is 29.9 Å². The molecule has 0 saturated carbocycles. The highest BCUT2D eigenvalue weighted by molar-refractivity contribution is 7.16. The van der Waals surface area contributed by atoms with Gasteiger partial charge in [-0.2, -0.15) is 4.98 Å². The highest BCUT2D eigenvalue weighted by Crippen LogP contribution is 2.29. The van der Waals surface area contributed by atoms with Crippen LogP contribution in [0.5, 0.6) is 0 Å². The van der Waals surface area contributed by atoms with Crippen molar-refractivity contribution in [3.8, 4) is 0 Å². The van der Waals surface area contributed by atoms with Crippen molar-refractivity contribution in [2.24, 2.45) is 0 Å². The predicted molar refractivity (Wildman–Crippen MR) is 85.8 cm³/mol. The molecule has 0 aliphatic carbocycles. The number of likely N-dealkylation sites (N-methyl/N-ethyl adjacent to an activating group) is 1. The van der Waals surface area contributed by atoms with E-state index >= 15 is 0 Å². The summed E-state index contributed by atoms with van der Waals surface area (Å²) in [4.78, 5) is 12.2. The van der Waals surface area contributed by atoms with Gasteiger partial charge < -0.3 is 15.3 Å². The van der Waals surface area contributed by atoms with Gasteiger partial charge in [0.15, 0.2) is 0 Å². The zero-order valence-electron chi connectivity index (χ0n) is 12.5. The molecule has 0 spiro atoms. The standard InChI is InChI=1S/C14H22N4OS/c1-5-15-13-16-11(10-7-8-20-12(10)17-13)18(6-2)9-14(3,4)19/h7-8,19H,5-6,9H2,1-4H3,(H,15,16,17). The smallest absolute Gasteiger partial charge is 0.226 e. The Labute approximate surface area is 123 Å². The number of rotatable bonds is 6. The van der Waals surface area contributed by atoms with Crippen LogP contribution in [0.2, 0.25) is 0 Å². The molecule has 0 unspecified atom stereocenters. The Morgan fingerprint density at radius 1 is 1.35 bits per heavy atom. The molecule has 0 aromatic carbocycles. The Bertz CT molecular complexity index is 576. The van der Waals surface area contributed by atoms with Crippen molar-refractivity contribution >= 4 is 33.3 Å². The summed E-state index contributed by atoms with van der Waals surface area (Å²) in [6.07, 6.45) is 0. The summed E-state index contributed by atoms with van der Waals surface area (Å²) in [5.74, 6) is 1.53. The van der Waals surface area contributed by atoms with Gasteiger partial charge in [0.2, 0.25) is 5.95 Å². The highest BCUT2D eigenvalue weighted by atomic mass is 32.1. The molecule has 5 nitrogen and oxygen atoms in total. The molecular formula is C14H22N4OS. The summed E-state index contributed by atoms with van der Waals surface area (Å²) in [5.41, 5.74) is -0.762.